The van der Waals surface area contributed by atoms with Crippen molar-refractivity contribution in [3.05, 3.63) is 53.4 Å². The predicted octanol–water partition coefficient (Wildman–Crippen LogP) is 2.33. The first-order valence-corrected chi connectivity index (χ1v) is 5.79. The highest BCUT2D eigenvalue weighted by atomic mass is 16.5. The summed E-state index contributed by atoms with van der Waals surface area (Å²) in [5.41, 5.74) is 2.34. The Morgan fingerprint density at radius 2 is 2.15 bits per heavy atom. The van der Waals surface area contributed by atoms with Crippen molar-refractivity contribution in [2.75, 3.05) is 5.32 Å². The first-order chi connectivity index (χ1) is 9.56. The molecule has 1 aromatic carbocycles. The lowest BCUT2D eigenvalue weighted by Crippen LogP contribution is -2.12. The molecule has 0 atom stereocenters. The summed E-state index contributed by atoms with van der Waals surface area (Å²) in [6.45, 7) is 1.85. The topological polar surface area (TPSA) is 92.4 Å². The maximum absolute atomic E-state index is 11.8. The first kappa shape index (κ1) is 13.5. The van der Waals surface area contributed by atoms with Crippen LogP contribution in [0.15, 0.2) is 41.1 Å². The van der Waals surface area contributed by atoms with Gasteiger partial charge in [0.2, 0.25) is 0 Å². The van der Waals surface area contributed by atoms with E-state index in [9.17, 15) is 9.59 Å². The minimum atomic E-state index is -1.03. The summed E-state index contributed by atoms with van der Waals surface area (Å²) in [4.78, 5) is 22.3. The third-order valence-corrected chi connectivity index (χ3v) is 2.61. The number of rotatable bonds is 4. The largest absolute Gasteiger partial charge is 0.478 e. The Hall–Kier alpha value is -2.89. The Balaban J connectivity index is 2.19. The summed E-state index contributed by atoms with van der Waals surface area (Å²) in [7, 11) is 0. The highest BCUT2D eigenvalue weighted by Crippen LogP contribution is 2.17. The van der Waals surface area contributed by atoms with Crippen molar-refractivity contribution in [2.45, 2.75) is 6.92 Å². The number of hydrogen-bond acceptors (Lipinski definition) is 4. The van der Waals surface area contributed by atoms with Crippen LogP contribution >= 0.6 is 0 Å². The molecular weight excluding hydrogens is 260 g/mol. The van der Waals surface area contributed by atoms with Crippen LogP contribution in [0.2, 0.25) is 0 Å². The number of benzene rings is 1. The molecule has 20 heavy (non-hydrogen) atoms. The van der Waals surface area contributed by atoms with Crippen molar-refractivity contribution in [1.29, 1.82) is 0 Å². The lowest BCUT2D eigenvalue weighted by atomic mass is 10.1. The van der Waals surface area contributed by atoms with Crippen molar-refractivity contribution in [1.82, 2.24) is 5.16 Å². The van der Waals surface area contributed by atoms with Gasteiger partial charge in [0.1, 0.15) is 6.26 Å². The number of carbonyl (C=O) groups is 2. The molecule has 0 aliphatic heterocycles. The monoisotopic (exact) mass is 272 g/mol. The molecule has 1 amide bonds. The van der Waals surface area contributed by atoms with Gasteiger partial charge in [-0.2, -0.15) is 0 Å². The summed E-state index contributed by atoms with van der Waals surface area (Å²) < 4.78 is 4.59. The van der Waals surface area contributed by atoms with E-state index in [1.165, 1.54) is 18.4 Å². The van der Waals surface area contributed by atoms with E-state index in [0.717, 1.165) is 11.6 Å². The van der Waals surface area contributed by atoms with Crippen LogP contribution in [0.25, 0.3) is 6.08 Å². The Morgan fingerprint density at radius 1 is 1.35 bits per heavy atom. The highest BCUT2D eigenvalue weighted by molar-refractivity contribution is 6.02. The third-order valence-electron chi connectivity index (χ3n) is 2.61. The van der Waals surface area contributed by atoms with Gasteiger partial charge in [-0.1, -0.05) is 11.2 Å². The molecule has 2 aromatic rings. The Morgan fingerprint density at radius 3 is 2.80 bits per heavy atom. The molecule has 0 fully saturated rings. The molecule has 0 radical (unpaired) electrons. The van der Waals surface area contributed by atoms with Gasteiger partial charge in [-0.3, -0.25) is 4.79 Å². The van der Waals surface area contributed by atoms with E-state index < -0.39 is 11.9 Å². The van der Waals surface area contributed by atoms with Crippen LogP contribution in [0.4, 0.5) is 5.69 Å². The van der Waals surface area contributed by atoms with E-state index >= 15 is 0 Å². The number of amides is 1. The van der Waals surface area contributed by atoms with Crippen LogP contribution in [-0.2, 0) is 4.79 Å². The summed E-state index contributed by atoms with van der Waals surface area (Å²) in [6, 6.07) is 6.66. The Kier molecular flexibility index (Phi) is 3.95. The second kappa shape index (κ2) is 5.83. The van der Waals surface area contributed by atoms with Crippen LogP contribution in [0.5, 0.6) is 0 Å². The van der Waals surface area contributed by atoms with Gasteiger partial charge in [-0.25, -0.2) is 4.79 Å². The number of carbonyl (C=O) groups excluding carboxylic acids is 1. The molecule has 0 aliphatic carbocycles. The smallest absolute Gasteiger partial charge is 0.328 e. The predicted molar refractivity (Wildman–Crippen MR) is 72.3 cm³/mol. The SMILES string of the molecule is Cc1ccc(NC(=O)c2ccon2)cc1C=CC(=O)O. The number of nitrogens with one attached hydrogen (secondary N) is 1. The van der Waals surface area contributed by atoms with Gasteiger partial charge in [0.15, 0.2) is 5.69 Å². The molecule has 0 aliphatic rings. The molecule has 6 heteroatoms. The molecule has 0 spiro atoms. The molecular formula is C14H12N2O4. The van der Waals surface area contributed by atoms with Crippen molar-refractivity contribution in [3.63, 3.8) is 0 Å². The van der Waals surface area contributed by atoms with Crippen LogP contribution in [-0.4, -0.2) is 22.1 Å². The van der Waals surface area contributed by atoms with Crippen LogP contribution < -0.4 is 5.32 Å². The number of nitrogens with zero attached hydrogens (tertiary/aromatic N) is 1. The van der Waals surface area contributed by atoms with Gasteiger partial charge in [0, 0.05) is 17.8 Å². The molecule has 1 heterocycles. The first-order valence-electron chi connectivity index (χ1n) is 5.79. The second-order valence-electron chi connectivity index (χ2n) is 4.08. The third kappa shape index (κ3) is 3.32. The minimum absolute atomic E-state index is 0.174. The van der Waals surface area contributed by atoms with Crippen LogP contribution in [0.1, 0.15) is 21.6 Å². The summed E-state index contributed by atoms with van der Waals surface area (Å²) in [6.07, 6.45) is 3.83. The van der Waals surface area contributed by atoms with E-state index in [4.69, 9.17) is 5.11 Å². The number of carboxylic acids is 1. The summed E-state index contributed by atoms with van der Waals surface area (Å²) >= 11 is 0. The standard InChI is InChI=1S/C14H12N2O4/c1-9-2-4-11(8-10(9)3-5-13(17)18)15-14(19)12-6-7-20-16-12/h2-8H,1H3,(H,15,19)(H,17,18). The second-order valence-corrected chi connectivity index (χ2v) is 4.08. The highest BCUT2D eigenvalue weighted by Gasteiger charge is 2.09. The van der Waals surface area contributed by atoms with E-state index in [1.807, 2.05) is 6.92 Å². The summed E-state index contributed by atoms with van der Waals surface area (Å²) in [5, 5.41) is 14.8. The van der Waals surface area contributed by atoms with E-state index in [1.54, 1.807) is 18.2 Å². The molecule has 6 nitrogen and oxygen atoms in total. The zero-order valence-electron chi connectivity index (χ0n) is 10.7. The van der Waals surface area contributed by atoms with E-state index in [0.29, 0.717) is 11.3 Å². The molecule has 2 rings (SSSR count). The zero-order chi connectivity index (χ0) is 14.5. The van der Waals surface area contributed by atoms with Crippen molar-refractivity contribution in [2.24, 2.45) is 0 Å². The number of aliphatic carboxylic acids is 1. The van der Waals surface area contributed by atoms with Gasteiger partial charge in [-0.05, 0) is 36.3 Å². The van der Waals surface area contributed by atoms with Crippen molar-refractivity contribution < 1.29 is 19.2 Å². The number of aromatic nitrogens is 1. The number of aryl methyl sites for hydroxylation is 1. The lowest BCUT2D eigenvalue weighted by Gasteiger charge is -2.06. The maximum Gasteiger partial charge on any atom is 0.328 e. The van der Waals surface area contributed by atoms with E-state index in [-0.39, 0.29) is 5.69 Å². The Labute approximate surface area is 114 Å². The minimum Gasteiger partial charge on any atom is -0.478 e. The molecule has 0 bridgehead atoms. The van der Waals surface area contributed by atoms with Gasteiger partial charge in [0.25, 0.3) is 5.91 Å². The summed E-state index contributed by atoms with van der Waals surface area (Å²) in [5.74, 6) is -1.42. The maximum atomic E-state index is 11.8. The van der Waals surface area contributed by atoms with Gasteiger partial charge in [0.05, 0.1) is 0 Å². The molecule has 0 saturated heterocycles. The number of carboxylic acid groups (broad SMARTS) is 1. The quantitative estimate of drug-likeness (QED) is 0.833. The van der Waals surface area contributed by atoms with Crippen LogP contribution in [0, 0.1) is 6.92 Å². The van der Waals surface area contributed by atoms with Crippen molar-refractivity contribution in [3.8, 4) is 0 Å². The average molecular weight is 272 g/mol. The van der Waals surface area contributed by atoms with Gasteiger partial charge >= 0.3 is 5.97 Å². The average Bonchev–Trinajstić information content (AvgIpc) is 2.93. The van der Waals surface area contributed by atoms with E-state index in [2.05, 4.69) is 15.0 Å². The number of hydrogen-bond donors (Lipinski definition) is 2. The van der Waals surface area contributed by atoms with Crippen LogP contribution in [0.3, 0.4) is 0 Å². The fraction of sp³-hybridized carbons (Fsp3) is 0.0714. The molecule has 0 saturated carbocycles. The van der Waals surface area contributed by atoms with Gasteiger partial charge in [-0.15, -0.1) is 0 Å². The zero-order valence-corrected chi connectivity index (χ0v) is 10.7. The van der Waals surface area contributed by atoms with Gasteiger partial charge < -0.3 is 14.9 Å². The molecule has 2 N–H and O–H groups in total. The molecule has 1 aromatic heterocycles. The Bertz CT molecular complexity index is 660. The fourth-order valence-corrected chi connectivity index (χ4v) is 1.58. The molecule has 0 unspecified atom stereocenters. The number of anilines is 1. The normalized spacial score (nSPS) is 10.7. The van der Waals surface area contributed by atoms with Crippen molar-refractivity contribution >= 4 is 23.6 Å². The molecule has 102 valence electrons. The lowest BCUT2D eigenvalue weighted by molar-refractivity contribution is -0.131. The fourth-order valence-electron chi connectivity index (χ4n) is 1.58.